The number of aromatic nitrogens is 1. The largest absolute Gasteiger partial charge is 0.508 e. The van der Waals surface area contributed by atoms with E-state index < -0.39 is 0 Å². The number of aliphatic hydroxyl groups excluding tert-OH is 1. The van der Waals surface area contributed by atoms with Gasteiger partial charge in [0, 0.05) is 44.6 Å². The third kappa shape index (κ3) is 4.37. The molecule has 150 valence electrons. The number of phenolic OH excluding ortho intramolecular Hbond substituents is 1. The minimum Gasteiger partial charge on any atom is -0.508 e. The highest BCUT2D eigenvalue weighted by molar-refractivity contribution is 5.27. The van der Waals surface area contributed by atoms with Crippen LogP contribution in [0, 0.1) is 11.3 Å². The lowest BCUT2D eigenvalue weighted by atomic mass is 9.64. The van der Waals surface area contributed by atoms with Gasteiger partial charge in [-0.05, 0) is 73.6 Å². The maximum Gasteiger partial charge on any atom is 0.115 e. The fourth-order valence-electron chi connectivity index (χ4n) is 5.05. The second-order valence-electron chi connectivity index (χ2n) is 8.53. The topological polar surface area (TPSA) is 59.8 Å². The van der Waals surface area contributed by atoms with Crippen molar-refractivity contribution in [3.05, 3.63) is 59.9 Å². The van der Waals surface area contributed by atoms with Crippen molar-refractivity contribution in [3.8, 4) is 5.75 Å². The summed E-state index contributed by atoms with van der Waals surface area (Å²) in [6.45, 7) is 6.28. The van der Waals surface area contributed by atoms with Gasteiger partial charge in [0.05, 0.1) is 0 Å². The van der Waals surface area contributed by atoms with Crippen molar-refractivity contribution < 1.29 is 10.2 Å². The lowest BCUT2D eigenvalue weighted by molar-refractivity contribution is -0.0450. The van der Waals surface area contributed by atoms with Gasteiger partial charge in [-0.25, -0.2) is 0 Å². The van der Waals surface area contributed by atoms with Crippen LogP contribution in [0.4, 0.5) is 0 Å². The number of rotatable bonds is 5. The van der Waals surface area contributed by atoms with Gasteiger partial charge in [-0.1, -0.05) is 18.2 Å². The Balaban J connectivity index is 1.34. The van der Waals surface area contributed by atoms with Crippen LogP contribution in [-0.4, -0.2) is 57.8 Å². The molecule has 28 heavy (non-hydrogen) atoms. The van der Waals surface area contributed by atoms with E-state index in [1.54, 1.807) is 6.07 Å². The Kier molecular flexibility index (Phi) is 5.95. The third-order valence-corrected chi connectivity index (χ3v) is 6.79. The fraction of sp³-hybridized carbons (Fsp3) is 0.522. The van der Waals surface area contributed by atoms with Gasteiger partial charge in [0.1, 0.15) is 5.75 Å². The second-order valence-corrected chi connectivity index (χ2v) is 8.53. The first-order chi connectivity index (χ1) is 13.7. The first-order valence-electron chi connectivity index (χ1n) is 10.4. The maximum absolute atomic E-state index is 10.1. The van der Waals surface area contributed by atoms with E-state index in [1.807, 2.05) is 30.6 Å². The van der Waals surface area contributed by atoms with Crippen molar-refractivity contribution in [2.45, 2.75) is 32.4 Å². The van der Waals surface area contributed by atoms with E-state index >= 15 is 0 Å². The van der Waals surface area contributed by atoms with Gasteiger partial charge in [0.25, 0.3) is 0 Å². The van der Waals surface area contributed by atoms with E-state index in [0.29, 0.717) is 11.7 Å². The smallest absolute Gasteiger partial charge is 0.115 e. The van der Waals surface area contributed by atoms with Crippen LogP contribution in [0.1, 0.15) is 30.4 Å². The molecule has 0 radical (unpaired) electrons. The van der Waals surface area contributed by atoms with Crippen LogP contribution in [0.15, 0.2) is 48.8 Å². The lowest BCUT2D eigenvalue weighted by Gasteiger charge is -2.51. The maximum atomic E-state index is 10.1. The number of phenols is 1. The van der Waals surface area contributed by atoms with Gasteiger partial charge in [0.15, 0.2) is 0 Å². The molecule has 0 unspecified atom stereocenters. The van der Waals surface area contributed by atoms with Gasteiger partial charge in [0.2, 0.25) is 0 Å². The second kappa shape index (κ2) is 8.60. The number of benzene rings is 1. The summed E-state index contributed by atoms with van der Waals surface area (Å²) in [4.78, 5) is 9.18. The summed E-state index contributed by atoms with van der Waals surface area (Å²) in [5.41, 5.74) is 2.69. The molecule has 2 aliphatic rings. The Morgan fingerprint density at radius 3 is 2.36 bits per heavy atom. The van der Waals surface area contributed by atoms with E-state index in [2.05, 4.69) is 26.9 Å². The van der Waals surface area contributed by atoms with Crippen LogP contribution >= 0.6 is 0 Å². The van der Waals surface area contributed by atoms with Gasteiger partial charge in [-0.3, -0.25) is 14.8 Å². The molecular formula is C23H31N3O2. The summed E-state index contributed by atoms with van der Waals surface area (Å²) in [5.74, 6) is 0.688. The molecule has 3 heterocycles. The number of nitrogens with zero attached hydrogens (tertiary/aromatic N) is 3. The number of hydrogen-bond acceptors (Lipinski definition) is 5. The average molecular weight is 382 g/mol. The SMILES string of the molecule is OC[C@@H]1CN(Cc2cccnc2)CCC12CCN(Cc1cccc(O)c1)CC2. The van der Waals surface area contributed by atoms with Crippen LogP contribution < -0.4 is 0 Å². The van der Waals surface area contributed by atoms with Crippen LogP contribution in [0.5, 0.6) is 5.75 Å². The molecule has 2 saturated heterocycles. The fourth-order valence-corrected chi connectivity index (χ4v) is 5.05. The number of aromatic hydroxyl groups is 1. The number of likely N-dealkylation sites (tertiary alicyclic amines) is 2. The van der Waals surface area contributed by atoms with E-state index in [0.717, 1.165) is 52.1 Å². The summed E-state index contributed by atoms with van der Waals surface area (Å²) in [6, 6.07) is 11.7. The highest BCUT2D eigenvalue weighted by Gasteiger charge is 2.44. The first kappa shape index (κ1) is 19.4. The average Bonchev–Trinajstić information content (AvgIpc) is 2.72. The van der Waals surface area contributed by atoms with Crippen molar-refractivity contribution in [3.63, 3.8) is 0 Å². The Morgan fingerprint density at radius 1 is 0.964 bits per heavy atom. The lowest BCUT2D eigenvalue weighted by Crippen LogP contribution is -2.53. The molecule has 5 heteroatoms. The van der Waals surface area contributed by atoms with Crippen molar-refractivity contribution in [1.82, 2.24) is 14.8 Å². The van der Waals surface area contributed by atoms with Crippen LogP contribution in [0.2, 0.25) is 0 Å². The van der Waals surface area contributed by atoms with Gasteiger partial charge in [-0.2, -0.15) is 0 Å². The summed E-state index contributed by atoms with van der Waals surface area (Å²) < 4.78 is 0. The Labute approximate surface area is 167 Å². The molecule has 4 rings (SSSR count). The molecule has 0 saturated carbocycles. The summed E-state index contributed by atoms with van der Waals surface area (Å²) in [6.07, 6.45) is 7.22. The first-order valence-corrected chi connectivity index (χ1v) is 10.4. The van der Waals surface area contributed by atoms with Gasteiger partial charge < -0.3 is 10.2 Å². The molecule has 1 spiro atoms. The normalized spacial score (nSPS) is 23.1. The minimum atomic E-state index is 0.273. The zero-order valence-corrected chi connectivity index (χ0v) is 16.5. The third-order valence-electron chi connectivity index (χ3n) is 6.79. The zero-order valence-electron chi connectivity index (χ0n) is 16.5. The quantitative estimate of drug-likeness (QED) is 0.834. The number of piperidine rings is 2. The van der Waals surface area contributed by atoms with Gasteiger partial charge >= 0.3 is 0 Å². The highest BCUT2D eigenvalue weighted by atomic mass is 16.3. The number of aliphatic hydroxyl groups is 1. The van der Waals surface area contributed by atoms with Crippen molar-refractivity contribution in [2.24, 2.45) is 11.3 Å². The molecule has 0 bridgehead atoms. The molecule has 2 aliphatic heterocycles. The van der Waals surface area contributed by atoms with Crippen molar-refractivity contribution in [1.29, 1.82) is 0 Å². The molecule has 2 aromatic rings. The molecule has 1 aromatic carbocycles. The standard InChI is InChI=1S/C23H31N3O2/c27-18-21-17-26(16-20-4-2-9-24-14-20)12-8-23(21)6-10-25(11-7-23)15-19-3-1-5-22(28)13-19/h1-5,9,13-14,21,27-28H,6-8,10-12,15-18H2/t21-/m0/s1. The number of hydrogen-bond donors (Lipinski definition) is 2. The Morgan fingerprint density at radius 2 is 1.68 bits per heavy atom. The minimum absolute atomic E-state index is 0.273. The Hall–Kier alpha value is -1.95. The Bertz CT molecular complexity index is 759. The molecule has 5 nitrogen and oxygen atoms in total. The molecule has 2 N–H and O–H groups in total. The monoisotopic (exact) mass is 381 g/mol. The van der Waals surface area contributed by atoms with E-state index in [9.17, 15) is 10.2 Å². The summed E-state index contributed by atoms with van der Waals surface area (Å²) in [5, 5.41) is 19.8. The molecular weight excluding hydrogens is 350 g/mol. The van der Waals surface area contributed by atoms with Crippen molar-refractivity contribution in [2.75, 3.05) is 32.8 Å². The molecule has 1 atom stereocenters. The number of pyridine rings is 1. The molecule has 2 fully saturated rings. The van der Waals surface area contributed by atoms with Gasteiger partial charge in [-0.15, -0.1) is 0 Å². The summed E-state index contributed by atoms with van der Waals surface area (Å²) >= 11 is 0. The predicted octanol–water partition coefficient (Wildman–Crippen LogP) is 2.88. The van der Waals surface area contributed by atoms with E-state index in [4.69, 9.17) is 0 Å². The zero-order chi connectivity index (χ0) is 19.4. The van der Waals surface area contributed by atoms with Crippen LogP contribution in [-0.2, 0) is 13.1 Å². The van der Waals surface area contributed by atoms with E-state index in [-0.39, 0.29) is 12.0 Å². The van der Waals surface area contributed by atoms with Crippen LogP contribution in [0.3, 0.4) is 0 Å². The molecule has 0 amide bonds. The molecule has 0 aliphatic carbocycles. The highest BCUT2D eigenvalue weighted by Crippen LogP contribution is 2.45. The predicted molar refractivity (Wildman–Crippen MR) is 110 cm³/mol. The van der Waals surface area contributed by atoms with Crippen LogP contribution in [0.25, 0.3) is 0 Å². The summed E-state index contributed by atoms with van der Waals surface area (Å²) in [7, 11) is 0. The van der Waals surface area contributed by atoms with E-state index in [1.165, 1.54) is 17.5 Å². The van der Waals surface area contributed by atoms with Crippen molar-refractivity contribution >= 4 is 0 Å². The molecule has 1 aromatic heterocycles.